The van der Waals surface area contributed by atoms with Crippen molar-refractivity contribution in [2.24, 2.45) is 0 Å². The predicted octanol–water partition coefficient (Wildman–Crippen LogP) is 3.68. The van der Waals surface area contributed by atoms with Gasteiger partial charge in [-0.2, -0.15) is 8.75 Å². The lowest BCUT2D eigenvalue weighted by Crippen LogP contribution is -2.01. The van der Waals surface area contributed by atoms with Gasteiger partial charge < -0.3 is 5.32 Å². The molecular formula is C14H14N4S2. The van der Waals surface area contributed by atoms with Gasteiger partial charge in [-0.25, -0.2) is 4.98 Å². The quantitative estimate of drug-likeness (QED) is 0.781. The van der Waals surface area contributed by atoms with Crippen molar-refractivity contribution >= 4 is 28.9 Å². The fraction of sp³-hybridized carbons (Fsp3) is 0.214. The van der Waals surface area contributed by atoms with Crippen molar-refractivity contribution in [3.8, 4) is 11.3 Å². The molecule has 0 aliphatic carbocycles. The van der Waals surface area contributed by atoms with Crippen molar-refractivity contribution in [3.05, 3.63) is 46.4 Å². The lowest BCUT2D eigenvalue weighted by molar-refractivity contribution is 1.07. The summed E-state index contributed by atoms with van der Waals surface area (Å²) in [6, 6.07) is 10.2. The Balaban J connectivity index is 1.79. The largest absolute Gasteiger partial charge is 0.368 e. The molecule has 1 aromatic carbocycles. The van der Waals surface area contributed by atoms with E-state index in [0.29, 0.717) is 0 Å². The second kappa shape index (κ2) is 6.11. The minimum atomic E-state index is 0.732. The summed E-state index contributed by atoms with van der Waals surface area (Å²) < 4.78 is 8.61. The highest BCUT2D eigenvalue weighted by molar-refractivity contribution is 7.10. The van der Waals surface area contributed by atoms with Gasteiger partial charge in [0, 0.05) is 23.9 Å². The Morgan fingerprint density at radius 3 is 2.80 bits per heavy atom. The van der Waals surface area contributed by atoms with Gasteiger partial charge in [-0.05, 0) is 6.92 Å². The summed E-state index contributed by atoms with van der Waals surface area (Å²) in [7, 11) is 0. The fourth-order valence-corrected chi connectivity index (χ4v) is 3.25. The summed E-state index contributed by atoms with van der Waals surface area (Å²) in [5.74, 6) is 0.883. The number of aromatic nitrogens is 3. The van der Waals surface area contributed by atoms with E-state index in [1.807, 2.05) is 18.2 Å². The van der Waals surface area contributed by atoms with Gasteiger partial charge in [0.15, 0.2) is 5.82 Å². The zero-order valence-corrected chi connectivity index (χ0v) is 12.7. The van der Waals surface area contributed by atoms with Crippen LogP contribution in [0.5, 0.6) is 0 Å². The van der Waals surface area contributed by atoms with Crippen molar-refractivity contribution in [2.45, 2.75) is 13.3 Å². The predicted molar refractivity (Wildman–Crippen MR) is 84.4 cm³/mol. The highest BCUT2D eigenvalue weighted by Gasteiger charge is 2.11. The van der Waals surface area contributed by atoms with Crippen molar-refractivity contribution in [3.63, 3.8) is 0 Å². The normalized spacial score (nSPS) is 10.7. The van der Waals surface area contributed by atoms with E-state index in [-0.39, 0.29) is 0 Å². The third kappa shape index (κ3) is 2.86. The van der Waals surface area contributed by atoms with E-state index in [1.54, 1.807) is 11.3 Å². The zero-order chi connectivity index (χ0) is 13.8. The summed E-state index contributed by atoms with van der Waals surface area (Å²) in [6.45, 7) is 2.91. The van der Waals surface area contributed by atoms with Crippen LogP contribution in [0.2, 0.25) is 0 Å². The molecule has 0 radical (unpaired) electrons. The first kappa shape index (κ1) is 13.2. The maximum Gasteiger partial charge on any atom is 0.163 e. The molecule has 20 heavy (non-hydrogen) atoms. The third-order valence-corrected chi connectivity index (χ3v) is 4.26. The molecule has 0 fully saturated rings. The van der Waals surface area contributed by atoms with Gasteiger partial charge in [0.2, 0.25) is 0 Å². The maximum atomic E-state index is 4.68. The van der Waals surface area contributed by atoms with Gasteiger partial charge in [-0.3, -0.25) is 0 Å². The molecule has 0 spiro atoms. The second-order valence-electron chi connectivity index (χ2n) is 4.26. The second-order valence-corrected chi connectivity index (χ2v) is 5.73. The minimum absolute atomic E-state index is 0.732. The van der Waals surface area contributed by atoms with Crippen LogP contribution in [-0.4, -0.2) is 20.3 Å². The summed E-state index contributed by atoms with van der Waals surface area (Å²) in [5, 5.41) is 6.39. The number of thiazole rings is 1. The van der Waals surface area contributed by atoms with E-state index >= 15 is 0 Å². The molecule has 0 bridgehead atoms. The molecule has 2 heterocycles. The van der Waals surface area contributed by atoms with Crippen LogP contribution in [0.15, 0.2) is 35.7 Å². The van der Waals surface area contributed by atoms with Crippen LogP contribution in [0.3, 0.4) is 0 Å². The van der Waals surface area contributed by atoms with Crippen molar-refractivity contribution in [1.29, 1.82) is 0 Å². The van der Waals surface area contributed by atoms with Crippen LogP contribution in [0, 0.1) is 0 Å². The van der Waals surface area contributed by atoms with Gasteiger partial charge in [0.1, 0.15) is 5.69 Å². The maximum absolute atomic E-state index is 4.68. The summed E-state index contributed by atoms with van der Waals surface area (Å²) in [4.78, 5) is 4.68. The topological polar surface area (TPSA) is 50.7 Å². The number of rotatable bonds is 5. The number of nitrogens with zero attached hydrogens (tertiary/aromatic N) is 3. The highest BCUT2D eigenvalue weighted by atomic mass is 32.1. The van der Waals surface area contributed by atoms with E-state index in [0.717, 1.165) is 40.7 Å². The molecule has 0 atom stereocenters. The van der Waals surface area contributed by atoms with E-state index in [9.17, 15) is 0 Å². The molecule has 0 aliphatic heterocycles. The van der Waals surface area contributed by atoms with Crippen LogP contribution in [0.25, 0.3) is 11.3 Å². The van der Waals surface area contributed by atoms with Crippen molar-refractivity contribution in [1.82, 2.24) is 13.7 Å². The van der Waals surface area contributed by atoms with Crippen LogP contribution < -0.4 is 5.32 Å². The van der Waals surface area contributed by atoms with E-state index in [4.69, 9.17) is 0 Å². The Morgan fingerprint density at radius 2 is 2.00 bits per heavy atom. The molecule has 0 amide bonds. The molecule has 6 heteroatoms. The molecule has 102 valence electrons. The average Bonchev–Trinajstić information content (AvgIpc) is 3.11. The third-order valence-electron chi connectivity index (χ3n) is 2.84. The Bertz CT molecular complexity index is 675. The molecule has 4 nitrogen and oxygen atoms in total. The molecule has 0 aliphatic rings. The van der Waals surface area contributed by atoms with Crippen LogP contribution in [0.1, 0.15) is 17.6 Å². The molecule has 3 rings (SSSR count). The smallest absolute Gasteiger partial charge is 0.163 e. The van der Waals surface area contributed by atoms with E-state index in [1.165, 1.54) is 11.7 Å². The van der Waals surface area contributed by atoms with Gasteiger partial charge >= 0.3 is 0 Å². The molecule has 1 N–H and O–H groups in total. The average molecular weight is 302 g/mol. The lowest BCUT2D eigenvalue weighted by atomic mass is 10.2. The van der Waals surface area contributed by atoms with Crippen LogP contribution in [0.4, 0.5) is 5.82 Å². The number of hydrogen-bond donors (Lipinski definition) is 1. The number of benzene rings is 1. The number of nitrogens with one attached hydrogen (secondary N) is 1. The molecule has 0 unspecified atom stereocenters. The first-order valence-electron chi connectivity index (χ1n) is 6.42. The Morgan fingerprint density at radius 1 is 1.15 bits per heavy atom. The first-order chi connectivity index (χ1) is 9.86. The van der Waals surface area contributed by atoms with Gasteiger partial charge in [0.05, 0.1) is 22.4 Å². The Hall–Kier alpha value is -1.79. The highest BCUT2D eigenvalue weighted by Crippen LogP contribution is 2.24. The Labute approximate surface area is 125 Å². The number of anilines is 1. The van der Waals surface area contributed by atoms with Crippen molar-refractivity contribution in [2.75, 3.05) is 11.9 Å². The van der Waals surface area contributed by atoms with Gasteiger partial charge in [-0.1, -0.05) is 30.3 Å². The summed E-state index contributed by atoms with van der Waals surface area (Å²) in [6.07, 6.45) is 0.732. The molecule has 2 aromatic heterocycles. The molecule has 0 saturated heterocycles. The Kier molecular flexibility index (Phi) is 4.03. The van der Waals surface area contributed by atoms with E-state index < -0.39 is 0 Å². The first-order valence-corrected chi connectivity index (χ1v) is 8.03. The lowest BCUT2D eigenvalue weighted by Gasteiger charge is -1.99. The molecule has 3 aromatic rings. The summed E-state index contributed by atoms with van der Waals surface area (Å²) in [5.41, 5.74) is 3.16. The zero-order valence-electron chi connectivity index (χ0n) is 11.0. The number of hydrogen-bond acceptors (Lipinski definition) is 6. The summed E-state index contributed by atoms with van der Waals surface area (Å²) >= 11 is 2.91. The monoisotopic (exact) mass is 302 g/mol. The fourth-order valence-electron chi connectivity index (χ4n) is 1.90. The minimum Gasteiger partial charge on any atom is -0.368 e. The van der Waals surface area contributed by atoms with Crippen LogP contribution >= 0.6 is 23.1 Å². The van der Waals surface area contributed by atoms with E-state index in [2.05, 4.69) is 43.5 Å². The van der Waals surface area contributed by atoms with Gasteiger partial charge in [-0.15, -0.1) is 11.3 Å². The SMILES string of the molecule is CCNc1nsnc1Cc1nc(-c2ccccc2)cs1. The molecular weight excluding hydrogens is 288 g/mol. The van der Waals surface area contributed by atoms with Gasteiger partial charge in [0.25, 0.3) is 0 Å². The molecule has 0 saturated carbocycles. The van der Waals surface area contributed by atoms with Crippen LogP contribution in [-0.2, 0) is 6.42 Å². The standard InChI is InChI=1S/C14H14N4S2/c1-2-15-14-11(17-20-18-14)8-13-16-12(9-19-13)10-6-4-3-5-7-10/h3-7,9H,2,8H2,1H3,(H,15,18). The van der Waals surface area contributed by atoms with Crippen molar-refractivity contribution < 1.29 is 0 Å².